The molecule has 0 aromatic carbocycles. The highest BCUT2D eigenvalue weighted by molar-refractivity contribution is 8.14. The largest absolute Gasteiger partial charge is 0.299 e. The van der Waals surface area contributed by atoms with Crippen molar-refractivity contribution in [2.75, 3.05) is 0 Å². The quantitative estimate of drug-likeness (QED) is 0.521. The van der Waals surface area contributed by atoms with Crippen molar-refractivity contribution in [2.45, 2.75) is 44.8 Å². The molecule has 0 spiro atoms. The summed E-state index contributed by atoms with van der Waals surface area (Å²) in [6, 6.07) is 0. The first kappa shape index (κ1) is 13.4. The van der Waals surface area contributed by atoms with E-state index in [-0.39, 0.29) is 22.1 Å². The fourth-order valence-corrected chi connectivity index (χ4v) is 1.81. The number of thioether (sulfide) groups is 1. The van der Waals surface area contributed by atoms with E-state index in [1.165, 1.54) is 11.8 Å². The molecule has 0 saturated heterocycles. The Labute approximate surface area is 90.1 Å². The molecule has 0 aromatic rings. The Bertz CT molecular complexity index is 226. The molecule has 0 N–H and O–H groups in total. The highest BCUT2D eigenvalue weighted by Gasteiger charge is 2.18. The number of ketones is 1. The highest BCUT2D eigenvalue weighted by atomic mass is 32.2. The van der Waals surface area contributed by atoms with Crippen molar-refractivity contribution in [1.82, 2.24) is 0 Å². The average molecular weight is 214 g/mol. The Kier molecular flexibility index (Phi) is 5.77. The number of carbonyl (C=O) groups is 2. The Morgan fingerprint density at radius 2 is 1.93 bits per heavy atom. The van der Waals surface area contributed by atoms with Gasteiger partial charge < -0.3 is 0 Å². The van der Waals surface area contributed by atoms with Crippen LogP contribution in [0.4, 0.5) is 0 Å². The van der Waals surface area contributed by atoms with Gasteiger partial charge in [0.15, 0.2) is 5.12 Å². The maximum atomic E-state index is 11.3. The number of hydrogen-bond acceptors (Lipinski definition) is 3. The predicted molar refractivity (Wildman–Crippen MR) is 61.4 cm³/mol. The van der Waals surface area contributed by atoms with Crippen molar-refractivity contribution >= 4 is 22.7 Å². The minimum Gasteiger partial charge on any atom is -0.299 e. The van der Waals surface area contributed by atoms with Crippen molar-refractivity contribution in [3.05, 3.63) is 12.7 Å². The summed E-state index contributed by atoms with van der Waals surface area (Å²) >= 11 is 1.23. The van der Waals surface area contributed by atoms with Crippen LogP contribution < -0.4 is 0 Å². The van der Waals surface area contributed by atoms with Crippen LogP contribution in [0.25, 0.3) is 0 Å². The van der Waals surface area contributed by atoms with Crippen LogP contribution >= 0.6 is 11.8 Å². The van der Waals surface area contributed by atoms with Gasteiger partial charge in [-0.1, -0.05) is 38.6 Å². The number of hydrogen-bond donors (Lipinski definition) is 0. The van der Waals surface area contributed by atoms with Gasteiger partial charge in [0.05, 0.1) is 6.42 Å². The first-order valence-corrected chi connectivity index (χ1v) is 5.51. The second-order valence-corrected chi connectivity index (χ2v) is 6.01. The van der Waals surface area contributed by atoms with Gasteiger partial charge in [0.25, 0.3) is 0 Å². The van der Waals surface area contributed by atoms with E-state index in [1.807, 2.05) is 20.8 Å². The molecule has 0 fully saturated rings. The molecule has 3 heteroatoms. The molecule has 0 heterocycles. The van der Waals surface area contributed by atoms with Gasteiger partial charge in [0.2, 0.25) is 0 Å². The van der Waals surface area contributed by atoms with Gasteiger partial charge >= 0.3 is 0 Å². The van der Waals surface area contributed by atoms with E-state index in [4.69, 9.17) is 0 Å². The Hall–Kier alpha value is -0.570. The molecule has 80 valence electrons. The third-order valence-corrected chi connectivity index (χ3v) is 2.37. The number of allylic oxidation sites excluding steroid dienone is 1. The summed E-state index contributed by atoms with van der Waals surface area (Å²) in [5, 5.41) is -0.0356. The third-order valence-electron chi connectivity index (χ3n) is 1.39. The first-order valence-electron chi connectivity index (χ1n) is 4.69. The second-order valence-electron chi connectivity index (χ2n) is 4.13. The van der Waals surface area contributed by atoms with Crippen LogP contribution in [-0.2, 0) is 9.59 Å². The van der Waals surface area contributed by atoms with Gasteiger partial charge in [-0.2, -0.15) is 0 Å². The molecular weight excluding hydrogens is 196 g/mol. The van der Waals surface area contributed by atoms with E-state index in [9.17, 15) is 9.59 Å². The number of carbonyl (C=O) groups excluding carboxylic acids is 2. The molecule has 0 saturated carbocycles. The van der Waals surface area contributed by atoms with Gasteiger partial charge in [-0.15, -0.1) is 6.58 Å². The Morgan fingerprint density at radius 1 is 1.36 bits per heavy atom. The predicted octanol–water partition coefficient (Wildman–Crippen LogP) is 2.97. The molecule has 0 bridgehead atoms. The number of Topliss-reactive ketones (excluding diaryl/α,β-unsaturated/α-hetero) is 1. The molecule has 0 aromatic heterocycles. The lowest BCUT2D eigenvalue weighted by molar-refractivity contribution is -0.123. The van der Waals surface area contributed by atoms with Gasteiger partial charge in [0.1, 0.15) is 5.78 Å². The van der Waals surface area contributed by atoms with Crippen LogP contribution in [0.15, 0.2) is 12.7 Å². The van der Waals surface area contributed by atoms with E-state index in [1.54, 1.807) is 6.08 Å². The lowest BCUT2D eigenvalue weighted by atomic mass is 10.2. The fourth-order valence-electron chi connectivity index (χ4n) is 0.890. The maximum Gasteiger partial charge on any atom is 0.196 e. The minimum absolute atomic E-state index is 0.00616. The van der Waals surface area contributed by atoms with Crippen LogP contribution in [0.1, 0.15) is 40.0 Å². The topological polar surface area (TPSA) is 34.1 Å². The van der Waals surface area contributed by atoms with Gasteiger partial charge in [0, 0.05) is 11.2 Å². The molecule has 0 radical (unpaired) electrons. The molecule has 14 heavy (non-hydrogen) atoms. The second kappa shape index (κ2) is 6.02. The summed E-state index contributed by atoms with van der Waals surface area (Å²) in [6.45, 7) is 9.42. The maximum absolute atomic E-state index is 11.3. The van der Waals surface area contributed by atoms with Crippen LogP contribution in [0.2, 0.25) is 0 Å². The third kappa shape index (κ3) is 8.05. The van der Waals surface area contributed by atoms with Crippen LogP contribution in [0.3, 0.4) is 0 Å². The first-order chi connectivity index (χ1) is 6.35. The smallest absolute Gasteiger partial charge is 0.196 e. The van der Waals surface area contributed by atoms with Gasteiger partial charge in [-0.3, -0.25) is 9.59 Å². The number of rotatable bonds is 5. The van der Waals surface area contributed by atoms with E-state index < -0.39 is 0 Å². The van der Waals surface area contributed by atoms with Crippen molar-refractivity contribution in [2.24, 2.45) is 0 Å². The zero-order chi connectivity index (χ0) is 11.2. The molecular formula is C11H18O2S. The standard InChI is InChI=1S/C11H18O2S/c1-5-6-7-9(12)8-10(13)14-11(2,3)4/h5H,1,6-8H2,2-4H3. The SMILES string of the molecule is C=CCCC(=O)CC(=O)SC(C)(C)C. The van der Waals surface area contributed by atoms with Crippen molar-refractivity contribution in [1.29, 1.82) is 0 Å². The molecule has 0 unspecified atom stereocenters. The summed E-state index contributed by atoms with van der Waals surface area (Å²) in [6.07, 6.45) is 2.83. The zero-order valence-electron chi connectivity index (χ0n) is 9.13. The molecule has 0 atom stereocenters. The van der Waals surface area contributed by atoms with E-state index in [0.29, 0.717) is 12.8 Å². The monoisotopic (exact) mass is 214 g/mol. The molecule has 0 aliphatic carbocycles. The lowest BCUT2D eigenvalue weighted by Gasteiger charge is -2.15. The minimum atomic E-state index is -0.101. The van der Waals surface area contributed by atoms with E-state index in [2.05, 4.69) is 6.58 Å². The molecule has 2 nitrogen and oxygen atoms in total. The average Bonchev–Trinajstić information content (AvgIpc) is 1.96. The molecule has 0 aliphatic heterocycles. The Balaban J connectivity index is 3.83. The van der Waals surface area contributed by atoms with Crippen molar-refractivity contribution in [3.8, 4) is 0 Å². The molecule has 0 amide bonds. The summed E-state index contributed by atoms with van der Waals surface area (Å²) in [4.78, 5) is 22.6. The molecule has 0 rings (SSSR count). The molecule has 0 aliphatic rings. The summed E-state index contributed by atoms with van der Waals surface area (Å²) < 4.78 is -0.101. The van der Waals surface area contributed by atoms with Crippen molar-refractivity contribution in [3.63, 3.8) is 0 Å². The lowest BCUT2D eigenvalue weighted by Crippen LogP contribution is -2.14. The van der Waals surface area contributed by atoms with E-state index in [0.717, 1.165) is 0 Å². The normalized spacial score (nSPS) is 11.1. The van der Waals surface area contributed by atoms with Crippen LogP contribution in [-0.4, -0.2) is 15.6 Å². The summed E-state index contributed by atoms with van der Waals surface area (Å²) in [7, 11) is 0. The highest BCUT2D eigenvalue weighted by Crippen LogP contribution is 2.25. The summed E-state index contributed by atoms with van der Waals surface area (Å²) in [5.74, 6) is 0.00616. The van der Waals surface area contributed by atoms with Crippen LogP contribution in [0.5, 0.6) is 0 Å². The van der Waals surface area contributed by atoms with Gasteiger partial charge in [-0.05, 0) is 6.42 Å². The zero-order valence-corrected chi connectivity index (χ0v) is 9.95. The Morgan fingerprint density at radius 3 is 2.36 bits per heavy atom. The van der Waals surface area contributed by atoms with Gasteiger partial charge in [-0.25, -0.2) is 0 Å². The van der Waals surface area contributed by atoms with E-state index >= 15 is 0 Å². The van der Waals surface area contributed by atoms with Crippen LogP contribution in [0, 0.1) is 0 Å². The fraction of sp³-hybridized carbons (Fsp3) is 0.636. The van der Waals surface area contributed by atoms with Crippen molar-refractivity contribution < 1.29 is 9.59 Å². The summed E-state index contributed by atoms with van der Waals surface area (Å²) in [5.41, 5.74) is 0.